The predicted molar refractivity (Wildman–Crippen MR) is 110 cm³/mol. The van der Waals surface area contributed by atoms with Gasteiger partial charge in [-0.3, -0.25) is 14.5 Å². The number of carbonyl (C=O) groups excluding carboxylic acids is 3. The van der Waals surface area contributed by atoms with Crippen molar-refractivity contribution in [2.75, 3.05) is 36.1 Å². The van der Waals surface area contributed by atoms with Crippen LogP contribution < -0.4 is 9.80 Å². The average molecular weight is 435 g/mol. The van der Waals surface area contributed by atoms with Crippen LogP contribution in [0.15, 0.2) is 36.4 Å². The lowest BCUT2D eigenvalue weighted by Crippen LogP contribution is -2.41. The van der Waals surface area contributed by atoms with Crippen molar-refractivity contribution in [3.8, 4) is 0 Å². The van der Waals surface area contributed by atoms with E-state index in [1.54, 1.807) is 34.1 Å². The first-order valence-corrected chi connectivity index (χ1v) is 10.5. The first-order chi connectivity index (χ1) is 14.0. The van der Waals surface area contributed by atoms with Crippen LogP contribution in [0.2, 0.25) is 4.34 Å². The first kappa shape index (κ1) is 19.9. The van der Waals surface area contributed by atoms with Crippen LogP contribution in [0.3, 0.4) is 0 Å². The summed E-state index contributed by atoms with van der Waals surface area (Å²) < 4.78 is 11.1. The summed E-state index contributed by atoms with van der Waals surface area (Å²) in [6.45, 7) is 1.48. The van der Waals surface area contributed by atoms with E-state index in [4.69, 9.17) is 21.1 Å². The molecule has 29 heavy (non-hydrogen) atoms. The number of ether oxygens (including phenoxy) is 2. The minimum atomic E-state index is -0.434. The zero-order valence-electron chi connectivity index (χ0n) is 15.5. The molecular weight excluding hydrogens is 416 g/mol. The van der Waals surface area contributed by atoms with Gasteiger partial charge < -0.3 is 14.4 Å². The molecule has 0 aliphatic carbocycles. The minimum Gasteiger partial charge on any atom is -0.444 e. The second-order valence-electron chi connectivity index (χ2n) is 6.80. The maximum absolute atomic E-state index is 12.3. The van der Waals surface area contributed by atoms with Crippen LogP contribution in [0.4, 0.5) is 16.2 Å². The van der Waals surface area contributed by atoms with Gasteiger partial charge in [-0.15, -0.1) is 11.3 Å². The lowest BCUT2D eigenvalue weighted by atomic mass is 10.1. The van der Waals surface area contributed by atoms with Crippen LogP contribution in [0.25, 0.3) is 0 Å². The fourth-order valence-corrected chi connectivity index (χ4v) is 4.38. The Bertz CT molecular complexity index is 929. The lowest BCUT2D eigenvalue weighted by Gasteiger charge is -2.27. The highest BCUT2D eigenvalue weighted by atomic mass is 35.5. The average Bonchev–Trinajstić information content (AvgIpc) is 3.32. The molecule has 0 bridgehead atoms. The summed E-state index contributed by atoms with van der Waals surface area (Å²) in [6.07, 6.45) is -0.0308. The molecule has 2 aromatic rings. The molecule has 2 saturated heterocycles. The fraction of sp³-hybridized carbons (Fsp3) is 0.350. The van der Waals surface area contributed by atoms with Crippen molar-refractivity contribution in [1.82, 2.24) is 0 Å². The number of rotatable bonds is 6. The molecule has 1 unspecified atom stereocenters. The maximum Gasteiger partial charge on any atom is 0.414 e. The second-order valence-corrected chi connectivity index (χ2v) is 8.51. The van der Waals surface area contributed by atoms with Gasteiger partial charge in [-0.25, -0.2) is 4.79 Å². The molecule has 7 nitrogen and oxygen atoms in total. The summed E-state index contributed by atoms with van der Waals surface area (Å²) in [5.74, 6) is -0.0859. The summed E-state index contributed by atoms with van der Waals surface area (Å²) in [5.41, 5.74) is 1.46. The van der Waals surface area contributed by atoms with E-state index in [0.717, 1.165) is 5.69 Å². The van der Waals surface area contributed by atoms with E-state index in [2.05, 4.69) is 0 Å². The Hall–Kier alpha value is -2.42. The van der Waals surface area contributed by atoms with Crippen molar-refractivity contribution in [3.05, 3.63) is 45.6 Å². The van der Waals surface area contributed by atoms with Gasteiger partial charge in [0.15, 0.2) is 5.78 Å². The molecule has 2 amide bonds. The van der Waals surface area contributed by atoms with E-state index in [1.807, 2.05) is 12.1 Å². The molecule has 1 aromatic carbocycles. The number of hydrogen-bond acceptors (Lipinski definition) is 6. The minimum absolute atomic E-state index is 0.00377. The van der Waals surface area contributed by atoms with Gasteiger partial charge in [0.05, 0.1) is 22.4 Å². The monoisotopic (exact) mass is 434 g/mol. The molecule has 152 valence electrons. The standard InChI is InChI=1S/C20H19ClN2O5S/c21-18-8-7-17(29-18)16(24)6-5-15-11-23(20(26)28-15)14-3-1-13(2-4-14)22-9-10-27-12-19(22)25/h1-4,7-8,15H,5-6,9-12H2. The van der Waals surface area contributed by atoms with Crippen molar-refractivity contribution >= 4 is 52.1 Å². The highest BCUT2D eigenvalue weighted by Gasteiger charge is 2.32. The van der Waals surface area contributed by atoms with E-state index < -0.39 is 6.09 Å². The quantitative estimate of drug-likeness (QED) is 0.647. The van der Waals surface area contributed by atoms with Crippen molar-refractivity contribution in [3.63, 3.8) is 0 Å². The summed E-state index contributed by atoms with van der Waals surface area (Å²) >= 11 is 7.12. The number of anilines is 2. The van der Waals surface area contributed by atoms with Gasteiger partial charge in [-0.05, 0) is 42.8 Å². The molecule has 2 aliphatic rings. The summed E-state index contributed by atoms with van der Waals surface area (Å²) in [4.78, 5) is 40.3. The Morgan fingerprint density at radius 2 is 1.83 bits per heavy atom. The molecule has 0 radical (unpaired) electrons. The van der Waals surface area contributed by atoms with Crippen LogP contribution in [0.1, 0.15) is 22.5 Å². The van der Waals surface area contributed by atoms with Crippen molar-refractivity contribution in [2.45, 2.75) is 18.9 Å². The van der Waals surface area contributed by atoms with Crippen molar-refractivity contribution < 1.29 is 23.9 Å². The van der Waals surface area contributed by atoms with Crippen molar-refractivity contribution in [2.24, 2.45) is 0 Å². The SMILES string of the molecule is O=C(CCC1CN(c2ccc(N3CCOCC3=O)cc2)C(=O)O1)c1ccc(Cl)s1. The second kappa shape index (κ2) is 8.52. The zero-order chi connectivity index (χ0) is 20.4. The van der Waals surface area contributed by atoms with E-state index >= 15 is 0 Å². The maximum atomic E-state index is 12.3. The number of ketones is 1. The van der Waals surface area contributed by atoms with Gasteiger partial charge in [-0.2, -0.15) is 0 Å². The number of carbonyl (C=O) groups is 3. The lowest BCUT2D eigenvalue weighted by molar-refractivity contribution is -0.125. The molecule has 2 aliphatic heterocycles. The molecule has 1 atom stereocenters. The molecular formula is C20H19ClN2O5S. The van der Waals surface area contributed by atoms with Crippen LogP contribution >= 0.6 is 22.9 Å². The third kappa shape index (κ3) is 4.44. The van der Waals surface area contributed by atoms with Gasteiger partial charge in [0, 0.05) is 24.3 Å². The van der Waals surface area contributed by atoms with Gasteiger partial charge in [0.1, 0.15) is 12.7 Å². The molecule has 0 saturated carbocycles. The molecule has 2 fully saturated rings. The number of amides is 2. The molecule has 3 heterocycles. The highest BCUT2D eigenvalue weighted by Crippen LogP contribution is 2.28. The summed E-state index contributed by atoms with van der Waals surface area (Å²) in [5, 5.41) is 0. The van der Waals surface area contributed by atoms with E-state index in [9.17, 15) is 14.4 Å². The smallest absolute Gasteiger partial charge is 0.414 e. The van der Waals surface area contributed by atoms with Crippen molar-refractivity contribution in [1.29, 1.82) is 0 Å². The topological polar surface area (TPSA) is 76.2 Å². The summed E-state index contributed by atoms with van der Waals surface area (Å²) in [7, 11) is 0. The number of benzene rings is 1. The predicted octanol–water partition coefficient (Wildman–Crippen LogP) is 3.75. The van der Waals surface area contributed by atoms with Crippen LogP contribution in [0, 0.1) is 0 Å². The third-order valence-corrected chi connectivity index (χ3v) is 6.15. The van der Waals surface area contributed by atoms with Gasteiger partial charge >= 0.3 is 6.09 Å². The Labute approximate surface area is 176 Å². The molecule has 9 heteroatoms. The molecule has 1 aromatic heterocycles. The van der Waals surface area contributed by atoms with E-state index in [0.29, 0.717) is 47.4 Å². The first-order valence-electron chi connectivity index (χ1n) is 9.26. The normalized spacial score (nSPS) is 19.6. The Morgan fingerprint density at radius 1 is 1.10 bits per heavy atom. The number of halogens is 1. The summed E-state index contributed by atoms with van der Waals surface area (Å²) in [6, 6.07) is 10.6. The number of morpholine rings is 1. The number of thiophene rings is 1. The van der Waals surface area contributed by atoms with Crippen LogP contribution in [-0.2, 0) is 14.3 Å². The number of Topliss-reactive ketones (excluding diaryl/α,β-unsaturated/α-hetero) is 1. The van der Waals surface area contributed by atoms with E-state index in [-0.39, 0.29) is 24.4 Å². The Morgan fingerprint density at radius 3 is 2.48 bits per heavy atom. The largest absolute Gasteiger partial charge is 0.444 e. The number of nitrogens with zero attached hydrogens (tertiary/aromatic N) is 2. The number of hydrogen-bond donors (Lipinski definition) is 0. The van der Waals surface area contributed by atoms with E-state index in [1.165, 1.54) is 11.3 Å². The van der Waals surface area contributed by atoms with Gasteiger partial charge in [0.25, 0.3) is 5.91 Å². The van der Waals surface area contributed by atoms with Crippen LogP contribution in [0.5, 0.6) is 0 Å². The number of cyclic esters (lactones) is 1. The Kier molecular flexibility index (Phi) is 5.84. The van der Waals surface area contributed by atoms with Gasteiger partial charge in [0.2, 0.25) is 0 Å². The van der Waals surface area contributed by atoms with Gasteiger partial charge in [-0.1, -0.05) is 11.6 Å². The van der Waals surface area contributed by atoms with Crippen LogP contribution in [-0.4, -0.2) is 50.2 Å². The zero-order valence-corrected chi connectivity index (χ0v) is 17.1. The third-order valence-electron chi connectivity index (χ3n) is 4.87. The molecule has 0 spiro atoms. The fourth-order valence-electron chi connectivity index (χ4n) is 3.37. The highest BCUT2D eigenvalue weighted by molar-refractivity contribution is 7.18. The Balaban J connectivity index is 1.35. The molecule has 0 N–H and O–H groups in total. The molecule has 4 rings (SSSR count).